The Balaban J connectivity index is 1.50. The van der Waals surface area contributed by atoms with Gasteiger partial charge in [0.1, 0.15) is 22.6 Å². The second-order valence-corrected chi connectivity index (χ2v) is 19.2. The van der Waals surface area contributed by atoms with E-state index >= 15 is 0 Å². The van der Waals surface area contributed by atoms with Gasteiger partial charge in [0, 0.05) is 29.7 Å². The molecular formula is C34H38ClN3O5SSi. The zero-order valence-corrected chi connectivity index (χ0v) is 29.4. The van der Waals surface area contributed by atoms with Crippen molar-refractivity contribution in [3.05, 3.63) is 85.2 Å². The van der Waals surface area contributed by atoms with E-state index < -0.39 is 20.3 Å². The molecular weight excluding hydrogens is 626 g/mol. The summed E-state index contributed by atoms with van der Waals surface area (Å²) in [5.41, 5.74) is 9.44. The lowest BCUT2D eigenvalue weighted by molar-refractivity contribution is 0.0988. The quantitative estimate of drug-likeness (QED) is 0.124. The molecule has 0 aliphatic heterocycles. The number of aromatic nitrogens is 2. The monoisotopic (exact) mass is 663 g/mol. The predicted octanol–water partition coefficient (Wildman–Crippen LogP) is 8.54. The molecule has 3 aromatic heterocycles. The molecule has 0 saturated carbocycles. The van der Waals surface area contributed by atoms with Crippen molar-refractivity contribution in [2.45, 2.75) is 72.2 Å². The highest BCUT2D eigenvalue weighted by atomic mass is 35.5. The van der Waals surface area contributed by atoms with Gasteiger partial charge in [0.15, 0.2) is 25.2 Å². The number of ether oxygens (including phenoxy) is 1. The number of hydrogen-bond donors (Lipinski definition) is 1. The van der Waals surface area contributed by atoms with Gasteiger partial charge in [-0.1, -0.05) is 32.4 Å². The van der Waals surface area contributed by atoms with Crippen LogP contribution in [0.2, 0.25) is 23.3 Å². The number of halogens is 1. The van der Waals surface area contributed by atoms with E-state index in [1.165, 1.54) is 6.07 Å². The molecule has 0 unspecified atom stereocenters. The van der Waals surface area contributed by atoms with Gasteiger partial charge in [0.2, 0.25) is 0 Å². The Bertz CT molecular complexity index is 2000. The molecule has 0 spiro atoms. The van der Waals surface area contributed by atoms with Gasteiger partial charge in [-0.2, -0.15) is 0 Å². The maximum absolute atomic E-state index is 13.7. The fourth-order valence-corrected chi connectivity index (χ4v) is 7.10. The molecule has 3 heterocycles. The second kappa shape index (κ2) is 12.3. The van der Waals surface area contributed by atoms with E-state index in [2.05, 4.69) is 38.8 Å². The van der Waals surface area contributed by atoms with Gasteiger partial charge in [-0.15, -0.1) is 11.3 Å². The van der Waals surface area contributed by atoms with Crippen molar-refractivity contribution in [2.75, 3.05) is 6.61 Å². The van der Waals surface area contributed by atoms with Crippen LogP contribution in [0, 0.1) is 13.8 Å². The Morgan fingerprint density at radius 1 is 1.11 bits per heavy atom. The number of carbonyl (C=O) groups is 1. The molecule has 1 amide bonds. The number of amides is 1. The molecule has 2 aromatic carbocycles. The largest absolute Gasteiger partial charge is 0.483 e. The molecule has 1 atom stereocenters. The number of primary amides is 1. The number of hydrogen-bond acceptors (Lipinski definition) is 8. The van der Waals surface area contributed by atoms with Gasteiger partial charge < -0.3 is 19.3 Å². The third-order valence-electron chi connectivity index (χ3n) is 8.47. The van der Waals surface area contributed by atoms with Crippen LogP contribution in [0.15, 0.2) is 51.7 Å². The third-order valence-corrected chi connectivity index (χ3v) is 14.3. The van der Waals surface area contributed by atoms with Gasteiger partial charge in [0.05, 0.1) is 20.6 Å². The summed E-state index contributed by atoms with van der Waals surface area (Å²) in [5.74, 6) is -0.0956. The normalized spacial score (nSPS) is 13.0. The molecule has 45 heavy (non-hydrogen) atoms. The Morgan fingerprint density at radius 3 is 2.53 bits per heavy atom. The lowest BCUT2D eigenvalue weighted by atomic mass is 10.00. The molecule has 0 radical (unpaired) electrons. The van der Waals surface area contributed by atoms with Crippen LogP contribution < -0.4 is 15.9 Å². The second-order valence-electron chi connectivity index (χ2n) is 12.9. The maximum atomic E-state index is 13.7. The Labute approximate surface area is 272 Å². The minimum Gasteiger partial charge on any atom is -0.483 e. The van der Waals surface area contributed by atoms with E-state index in [1.807, 2.05) is 44.2 Å². The van der Waals surface area contributed by atoms with Crippen LogP contribution in [0.3, 0.4) is 0 Å². The van der Waals surface area contributed by atoms with Crippen LogP contribution in [0.1, 0.15) is 66.0 Å². The molecule has 0 fully saturated rings. The fraction of sp³-hybridized carbons (Fsp3) is 0.353. The summed E-state index contributed by atoms with van der Waals surface area (Å²) in [6.45, 7) is 17.4. The van der Waals surface area contributed by atoms with Crippen molar-refractivity contribution in [3.8, 4) is 17.1 Å². The van der Waals surface area contributed by atoms with Crippen molar-refractivity contribution in [2.24, 2.45) is 5.73 Å². The van der Waals surface area contributed by atoms with Gasteiger partial charge in [-0.3, -0.25) is 9.59 Å². The SMILES string of the molecule is Cc1cc([C@@H](C)Oc2ccc(Cl)nc2C(N)=O)c2oc(-c3ccc4nc(CCO[Si](C)(C)C(C)(C)C)sc4c3)c(C)c(=O)c2c1. The average molecular weight is 664 g/mol. The molecule has 5 rings (SSSR count). The summed E-state index contributed by atoms with van der Waals surface area (Å²) in [7, 11) is -1.84. The number of pyridine rings is 1. The Morgan fingerprint density at radius 2 is 1.84 bits per heavy atom. The maximum Gasteiger partial charge on any atom is 0.271 e. The van der Waals surface area contributed by atoms with E-state index in [0.29, 0.717) is 34.5 Å². The minimum absolute atomic E-state index is 0.0759. The summed E-state index contributed by atoms with van der Waals surface area (Å²) >= 11 is 7.61. The van der Waals surface area contributed by atoms with E-state index in [4.69, 9.17) is 35.9 Å². The van der Waals surface area contributed by atoms with Crippen molar-refractivity contribution < 1.29 is 18.4 Å². The molecule has 236 valence electrons. The molecule has 5 aromatic rings. The van der Waals surface area contributed by atoms with Crippen molar-refractivity contribution in [1.82, 2.24) is 9.97 Å². The highest BCUT2D eigenvalue weighted by Gasteiger charge is 2.37. The molecule has 11 heteroatoms. The molecule has 2 N–H and O–H groups in total. The molecule has 8 nitrogen and oxygen atoms in total. The summed E-state index contributed by atoms with van der Waals surface area (Å²) < 4.78 is 20.1. The summed E-state index contributed by atoms with van der Waals surface area (Å²) in [5, 5.41) is 1.74. The zero-order valence-electron chi connectivity index (χ0n) is 26.8. The number of rotatable bonds is 9. The lowest BCUT2D eigenvalue weighted by Crippen LogP contribution is -2.41. The smallest absolute Gasteiger partial charge is 0.271 e. The van der Waals surface area contributed by atoms with Crippen LogP contribution in [0.4, 0.5) is 0 Å². The van der Waals surface area contributed by atoms with E-state index in [0.717, 1.165) is 32.8 Å². The first-order chi connectivity index (χ1) is 21.1. The first-order valence-electron chi connectivity index (χ1n) is 14.8. The third kappa shape index (κ3) is 6.69. The number of nitrogens with zero attached hydrogens (tertiary/aromatic N) is 2. The Kier molecular flexibility index (Phi) is 8.98. The van der Waals surface area contributed by atoms with E-state index in [9.17, 15) is 9.59 Å². The molecule has 0 bridgehead atoms. The van der Waals surface area contributed by atoms with Gasteiger partial charge in [-0.05, 0) is 86.9 Å². The van der Waals surface area contributed by atoms with Crippen molar-refractivity contribution in [3.63, 3.8) is 0 Å². The van der Waals surface area contributed by atoms with E-state index in [-0.39, 0.29) is 27.1 Å². The first kappa shape index (κ1) is 32.8. The fourth-order valence-electron chi connectivity index (χ4n) is 4.92. The van der Waals surface area contributed by atoms with E-state index in [1.54, 1.807) is 24.3 Å². The number of nitrogens with two attached hydrogens (primary N) is 1. The molecule has 0 aliphatic carbocycles. The van der Waals surface area contributed by atoms with Crippen LogP contribution in [-0.4, -0.2) is 30.8 Å². The van der Waals surface area contributed by atoms with Crippen molar-refractivity contribution in [1.29, 1.82) is 0 Å². The highest BCUT2D eigenvalue weighted by molar-refractivity contribution is 7.18. The number of aryl methyl sites for hydroxylation is 1. The van der Waals surface area contributed by atoms with Gasteiger partial charge in [0.25, 0.3) is 5.91 Å². The zero-order chi connectivity index (χ0) is 32.8. The average Bonchev–Trinajstić information content (AvgIpc) is 3.37. The topological polar surface area (TPSA) is 118 Å². The highest BCUT2D eigenvalue weighted by Crippen LogP contribution is 2.38. The van der Waals surface area contributed by atoms with Crippen LogP contribution >= 0.6 is 22.9 Å². The lowest BCUT2D eigenvalue weighted by Gasteiger charge is -2.36. The van der Waals surface area contributed by atoms with Crippen LogP contribution in [-0.2, 0) is 10.8 Å². The standard InChI is InChI=1S/C34H38ClN3O5SSi/c1-18-15-22(20(3)42-25-11-12-27(35)38-29(25)33(36)40)32-23(16-18)30(39)19(2)31(43-32)21-9-10-24-26(17-21)44-28(37-24)13-14-41-45(7,8)34(4,5)6/h9-12,15-17,20H,13-14H2,1-8H3,(H2,36,40)/t20-/m1/s1. The summed E-state index contributed by atoms with van der Waals surface area (Å²) in [4.78, 5) is 34.6. The number of benzene rings is 2. The number of thiazole rings is 1. The van der Waals surface area contributed by atoms with Crippen LogP contribution in [0.25, 0.3) is 32.5 Å². The van der Waals surface area contributed by atoms with Crippen LogP contribution in [0.5, 0.6) is 5.75 Å². The first-order valence-corrected chi connectivity index (χ1v) is 18.9. The molecule has 0 saturated heterocycles. The summed E-state index contributed by atoms with van der Waals surface area (Å²) in [6.07, 6.45) is 0.124. The number of fused-ring (bicyclic) bond motifs is 2. The summed E-state index contributed by atoms with van der Waals surface area (Å²) in [6, 6.07) is 12.7. The minimum atomic E-state index is -1.84. The molecule has 0 aliphatic rings. The van der Waals surface area contributed by atoms with Gasteiger partial charge >= 0.3 is 0 Å². The predicted molar refractivity (Wildman–Crippen MR) is 184 cm³/mol. The Hall–Kier alpha value is -3.57. The number of carbonyl (C=O) groups excluding carboxylic acids is 1. The van der Waals surface area contributed by atoms with Crippen molar-refractivity contribution >= 4 is 58.3 Å². The van der Waals surface area contributed by atoms with Gasteiger partial charge in [-0.25, -0.2) is 9.97 Å².